The summed E-state index contributed by atoms with van der Waals surface area (Å²) in [5, 5.41) is 8.93. The first-order valence-corrected chi connectivity index (χ1v) is 7.09. The number of allylic oxidation sites excluding steroid dienone is 1. The quantitative estimate of drug-likeness (QED) is 0.777. The summed E-state index contributed by atoms with van der Waals surface area (Å²) in [5.41, 5.74) is 0. The van der Waals surface area contributed by atoms with Crippen molar-refractivity contribution in [2.45, 2.75) is 32.7 Å². The number of hydrogen-bond donors (Lipinski definition) is 1. The number of carbonyl (C=O) groups is 2. The van der Waals surface area contributed by atoms with Crippen LogP contribution in [0.4, 0.5) is 4.79 Å². The maximum Gasteiger partial charge on any atom is 0.410 e. The molecule has 1 amide bonds. The summed E-state index contributed by atoms with van der Waals surface area (Å²) in [7, 11) is 0. The molecule has 0 spiro atoms. The molecule has 1 fully saturated rings. The molecule has 0 aromatic rings. The Kier molecular flexibility index (Phi) is 5.85. The van der Waals surface area contributed by atoms with Crippen LogP contribution in [-0.4, -0.2) is 41.3 Å². The summed E-state index contributed by atoms with van der Waals surface area (Å²) in [5.74, 6) is -0.743. The molecule has 0 aromatic carbocycles. The highest BCUT2D eigenvalue weighted by atomic mass is 79.9. The molecule has 108 valence electrons. The number of cyclic esters (lactones) is 1. The zero-order valence-corrected chi connectivity index (χ0v) is 12.9. The van der Waals surface area contributed by atoms with Gasteiger partial charge < -0.3 is 14.7 Å². The molecule has 5 nitrogen and oxygen atoms in total. The third-order valence-corrected chi connectivity index (χ3v) is 3.53. The Bertz CT molecular complexity index is 354. The zero-order valence-electron chi connectivity index (χ0n) is 11.3. The van der Waals surface area contributed by atoms with Crippen LogP contribution < -0.4 is 0 Å². The summed E-state index contributed by atoms with van der Waals surface area (Å²) in [4.78, 5) is 24.2. The topological polar surface area (TPSA) is 66.8 Å². The molecule has 1 saturated heterocycles. The van der Waals surface area contributed by atoms with E-state index in [9.17, 15) is 9.59 Å². The van der Waals surface area contributed by atoms with Gasteiger partial charge >= 0.3 is 12.1 Å². The van der Waals surface area contributed by atoms with Crippen molar-refractivity contribution in [3.63, 3.8) is 0 Å². The largest absolute Gasteiger partial charge is 0.481 e. The average molecular weight is 334 g/mol. The van der Waals surface area contributed by atoms with Crippen molar-refractivity contribution in [3.05, 3.63) is 11.1 Å². The highest BCUT2D eigenvalue weighted by Gasteiger charge is 2.36. The van der Waals surface area contributed by atoms with Crippen molar-refractivity contribution in [1.82, 2.24) is 4.90 Å². The van der Waals surface area contributed by atoms with Crippen LogP contribution in [0, 0.1) is 11.8 Å². The molecule has 0 radical (unpaired) electrons. The van der Waals surface area contributed by atoms with Crippen LogP contribution >= 0.6 is 15.9 Å². The minimum atomic E-state index is -0.868. The molecule has 0 bridgehead atoms. The normalized spacial score (nSPS) is 20.5. The van der Waals surface area contributed by atoms with E-state index in [1.54, 1.807) is 4.90 Å². The van der Waals surface area contributed by atoms with Gasteiger partial charge in [0.15, 0.2) is 0 Å². The average Bonchev–Trinajstić information content (AvgIpc) is 2.58. The van der Waals surface area contributed by atoms with E-state index in [0.717, 1.165) is 4.48 Å². The summed E-state index contributed by atoms with van der Waals surface area (Å²) < 4.78 is 5.80. The maximum absolute atomic E-state index is 11.7. The van der Waals surface area contributed by atoms with Gasteiger partial charge in [-0.3, -0.25) is 4.79 Å². The van der Waals surface area contributed by atoms with E-state index in [2.05, 4.69) is 22.5 Å². The van der Waals surface area contributed by atoms with Crippen molar-refractivity contribution in [2.75, 3.05) is 13.2 Å². The Labute approximate surface area is 121 Å². The van der Waals surface area contributed by atoms with E-state index in [0.29, 0.717) is 19.6 Å². The standard InChI is InChI=1S/C13H20BrNO4/c1-8(2)11-7-19-13(18)15(11)6-10(4-9(3)14)5-12(16)17/h8,10-11H,3-7H2,1-2H3,(H,16,17)/t10-,11-/m1/s1. The monoisotopic (exact) mass is 333 g/mol. The Morgan fingerprint density at radius 1 is 1.58 bits per heavy atom. The fourth-order valence-corrected chi connectivity index (χ4v) is 2.72. The summed E-state index contributed by atoms with van der Waals surface area (Å²) in [6.45, 7) is 8.55. The maximum atomic E-state index is 11.7. The van der Waals surface area contributed by atoms with Crippen LogP contribution in [0.5, 0.6) is 0 Å². The lowest BCUT2D eigenvalue weighted by Gasteiger charge is -2.28. The van der Waals surface area contributed by atoms with E-state index < -0.39 is 5.97 Å². The van der Waals surface area contributed by atoms with Crippen LogP contribution in [0.2, 0.25) is 0 Å². The van der Waals surface area contributed by atoms with Gasteiger partial charge in [-0.05, 0) is 22.7 Å². The number of ether oxygens (including phenoxy) is 1. The van der Waals surface area contributed by atoms with E-state index in [-0.39, 0.29) is 30.4 Å². The number of amides is 1. The highest BCUT2D eigenvalue weighted by Crippen LogP contribution is 2.25. The van der Waals surface area contributed by atoms with Gasteiger partial charge in [0.25, 0.3) is 0 Å². The zero-order chi connectivity index (χ0) is 14.6. The Balaban J connectivity index is 2.72. The minimum Gasteiger partial charge on any atom is -0.481 e. The predicted octanol–water partition coefficient (Wildman–Crippen LogP) is 2.85. The molecule has 0 aliphatic carbocycles. The Hall–Kier alpha value is -1.04. The molecular weight excluding hydrogens is 314 g/mol. The first kappa shape index (κ1) is 16.0. The number of hydrogen-bond acceptors (Lipinski definition) is 3. The Morgan fingerprint density at radius 3 is 2.68 bits per heavy atom. The van der Waals surface area contributed by atoms with Gasteiger partial charge in [0.05, 0.1) is 12.5 Å². The fourth-order valence-electron chi connectivity index (χ4n) is 2.27. The van der Waals surface area contributed by atoms with Crippen molar-refractivity contribution in [3.8, 4) is 0 Å². The lowest BCUT2D eigenvalue weighted by atomic mass is 9.98. The van der Waals surface area contributed by atoms with Crippen molar-refractivity contribution in [1.29, 1.82) is 0 Å². The smallest absolute Gasteiger partial charge is 0.410 e. The van der Waals surface area contributed by atoms with Crippen LogP contribution in [0.1, 0.15) is 26.7 Å². The van der Waals surface area contributed by atoms with Crippen LogP contribution in [0.3, 0.4) is 0 Å². The molecule has 1 rings (SSSR count). The third kappa shape index (κ3) is 4.86. The van der Waals surface area contributed by atoms with Crippen LogP contribution in [0.15, 0.2) is 11.1 Å². The predicted molar refractivity (Wildman–Crippen MR) is 75.1 cm³/mol. The van der Waals surface area contributed by atoms with Crippen LogP contribution in [0.25, 0.3) is 0 Å². The summed E-state index contributed by atoms with van der Waals surface area (Å²) in [6.07, 6.45) is 0.189. The highest BCUT2D eigenvalue weighted by molar-refractivity contribution is 9.11. The second kappa shape index (κ2) is 6.93. The molecule has 1 N–H and O–H groups in total. The van der Waals surface area contributed by atoms with Gasteiger partial charge in [-0.25, -0.2) is 4.79 Å². The fraction of sp³-hybridized carbons (Fsp3) is 0.692. The molecule has 0 unspecified atom stereocenters. The Morgan fingerprint density at radius 2 is 2.21 bits per heavy atom. The number of carbonyl (C=O) groups excluding carboxylic acids is 1. The number of aliphatic carboxylic acids is 1. The van der Waals surface area contributed by atoms with E-state index in [4.69, 9.17) is 9.84 Å². The molecule has 1 heterocycles. The lowest BCUT2D eigenvalue weighted by molar-refractivity contribution is -0.138. The van der Waals surface area contributed by atoms with E-state index >= 15 is 0 Å². The van der Waals surface area contributed by atoms with Gasteiger partial charge in [0, 0.05) is 6.54 Å². The number of carboxylic acids is 1. The number of halogens is 1. The number of rotatable bonds is 7. The first-order valence-electron chi connectivity index (χ1n) is 6.29. The lowest BCUT2D eigenvalue weighted by Crippen LogP contribution is -2.40. The molecule has 1 aliphatic rings. The molecule has 6 heteroatoms. The SMILES string of the molecule is C=C(Br)C[C@H](CC(=O)O)CN1C(=O)OC[C@@H]1C(C)C. The molecule has 2 atom stereocenters. The molecule has 0 aromatic heterocycles. The third-order valence-electron chi connectivity index (χ3n) is 3.21. The molecular formula is C13H20BrNO4. The summed E-state index contributed by atoms with van der Waals surface area (Å²) in [6, 6.07) is 0.0207. The number of carboxylic acid groups (broad SMARTS) is 1. The molecule has 1 aliphatic heterocycles. The van der Waals surface area contributed by atoms with Crippen molar-refractivity contribution in [2.24, 2.45) is 11.8 Å². The van der Waals surface area contributed by atoms with Gasteiger partial charge in [0.2, 0.25) is 0 Å². The van der Waals surface area contributed by atoms with Gasteiger partial charge in [0.1, 0.15) is 6.61 Å². The van der Waals surface area contributed by atoms with Gasteiger partial charge in [-0.15, -0.1) is 0 Å². The molecule has 0 saturated carbocycles. The second-order valence-corrected chi connectivity index (χ2v) is 6.35. The second-order valence-electron chi connectivity index (χ2n) is 5.23. The van der Waals surface area contributed by atoms with Crippen molar-refractivity contribution < 1.29 is 19.4 Å². The van der Waals surface area contributed by atoms with Gasteiger partial charge in [-0.1, -0.05) is 36.4 Å². The molecule has 19 heavy (non-hydrogen) atoms. The minimum absolute atomic E-state index is 0.0131. The summed E-state index contributed by atoms with van der Waals surface area (Å²) >= 11 is 3.25. The van der Waals surface area contributed by atoms with Crippen molar-refractivity contribution >= 4 is 28.0 Å². The van der Waals surface area contributed by atoms with Crippen LogP contribution in [-0.2, 0) is 9.53 Å². The number of nitrogens with zero attached hydrogens (tertiary/aromatic N) is 1. The van der Waals surface area contributed by atoms with E-state index in [1.165, 1.54) is 0 Å². The van der Waals surface area contributed by atoms with Gasteiger partial charge in [-0.2, -0.15) is 0 Å². The first-order chi connectivity index (χ1) is 8.81. The van der Waals surface area contributed by atoms with E-state index in [1.807, 2.05) is 13.8 Å².